The Bertz CT molecular complexity index is 1450. The molecule has 45 heavy (non-hydrogen) atoms. The third-order valence-corrected chi connectivity index (χ3v) is 10.9. The molecule has 2 saturated heterocycles. The maximum absolute atomic E-state index is 16.8. The van der Waals surface area contributed by atoms with E-state index in [2.05, 4.69) is 41.4 Å². The van der Waals surface area contributed by atoms with Crippen LogP contribution < -0.4 is 11.1 Å². The van der Waals surface area contributed by atoms with Crippen molar-refractivity contribution >= 4 is 50.5 Å². The fraction of sp³-hybridized carbons (Fsp3) is 0.636. The molecule has 0 bridgehead atoms. The van der Waals surface area contributed by atoms with E-state index in [-0.39, 0.29) is 17.2 Å². The number of phosphoric ester groups is 1. The molecule has 0 aromatic carbocycles. The minimum atomic E-state index is -5.60. The average molecular weight is 706 g/mol. The number of anilines is 2. The molecular formula is C22H31F2N5O13P2S. The third kappa shape index (κ3) is 7.15. The zero-order valence-corrected chi connectivity index (χ0v) is 26.0. The van der Waals surface area contributed by atoms with Crippen molar-refractivity contribution in [2.75, 3.05) is 24.3 Å². The summed E-state index contributed by atoms with van der Waals surface area (Å²) in [6, 6.07) is 0. The lowest BCUT2D eigenvalue weighted by Gasteiger charge is -2.41. The number of nitrogens with two attached hydrogens (primary N) is 1. The number of hydrogen-bond acceptors (Lipinski definition) is 16. The third-order valence-electron chi connectivity index (χ3n) is 7.26. The number of phosphoric acid groups is 1. The van der Waals surface area contributed by atoms with Crippen LogP contribution in [-0.4, -0.2) is 109 Å². The summed E-state index contributed by atoms with van der Waals surface area (Å²) in [6.45, 7) is -4.76. The van der Waals surface area contributed by atoms with Crippen molar-refractivity contribution in [2.45, 2.75) is 68.1 Å². The summed E-state index contributed by atoms with van der Waals surface area (Å²) >= 11 is 3.64. The fourth-order valence-electron chi connectivity index (χ4n) is 5.05. The molecule has 1 spiro atoms. The number of nitrogen functional groups attached to an aromatic ring is 1. The maximum atomic E-state index is 16.8. The molecule has 18 nitrogen and oxygen atoms in total. The van der Waals surface area contributed by atoms with Gasteiger partial charge < -0.3 is 45.8 Å². The quantitative estimate of drug-likeness (QED) is 0.0895. The largest absolute Gasteiger partial charge is 0.482 e. The van der Waals surface area contributed by atoms with Crippen LogP contribution in [-0.2, 0) is 42.4 Å². The lowest BCUT2D eigenvalue weighted by Crippen LogP contribution is -2.60. The van der Waals surface area contributed by atoms with Gasteiger partial charge in [0.15, 0.2) is 29.5 Å². The van der Waals surface area contributed by atoms with Crippen LogP contribution in [0.5, 0.6) is 0 Å². The Balaban J connectivity index is 1.53. The molecule has 4 rings (SSSR count). The number of carbonyl (C=O) groups is 1. The number of fused-ring (bicyclic) bond motifs is 2. The summed E-state index contributed by atoms with van der Waals surface area (Å²) in [5.74, 6) is -2.14. The first-order valence-electron chi connectivity index (χ1n) is 13.0. The minimum absolute atomic E-state index is 0.0295. The number of aromatic nitrogens is 2. The van der Waals surface area contributed by atoms with Crippen LogP contribution >= 0.6 is 26.9 Å². The van der Waals surface area contributed by atoms with Crippen molar-refractivity contribution in [1.29, 1.82) is 0 Å². The van der Waals surface area contributed by atoms with Crippen molar-refractivity contribution < 1.29 is 70.9 Å². The second-order valence-corrected chi connectivity index (χ2v) is 14.8. The number of ether oxygens (including phenoxy) is 2. The molecule has 2 fully saturated rings. The summed E-state index contributed by atoms with van der Waals surface area (Å²) < 4.78 is 81.7. The first kappa shape index (κ1) is 35.9. The number of aliphatic imine (C=N–C) groups is 1. The average Bonchev–Trinajstić information content (AvgIpc) is 3.16. The van der Waals surface area contributed by atoms with Crippen LogP contribution in [0.1, 0.15) is 19.5 Å². The van der Waals surface area contributed by atoms with Crippen LogP contribution in [0.15, 0.2) is 23.6 Å². The molecule has 1 aromatic heterocycles. The van der Waals surface area contributed by atoms with Gasteiger partial charge in [0.2, 0.25) is 5.91 Å². The summed E-state index contributed by atoms with van der Waals surface area (Å²) in [7, 11) is -5.60. The molecule has 3 aliphatic rings. The van der Waals surface area contributed by atoms with Crippen molar-refractivity contribution in [3.8, 4) is 0 Å². The first-order chi connectivity index (χ1) is 20.9. The normalized spacial score (nSPS) is 38.0. The van der Waals surface area contributed by atoms with E-state index in [1.807, 2.05) is 0 Å². The topological polar surface area (TPSA) is 275 Å². The molecule has 1 aromatic rings. The van der Waals surface area contributed by atoms with Gasteiger partial charge in [-0.25, -0.2) is 32.9 Å². The molecule has 252 valence electrons. The Morgan fingerprint density at radius 1 is 1.31 bits per heavy atom. The van der Waals surface area contributed by atoms with Gasteiger partial charge in [0.1, 0.15) is 42.1 Å². The molecule has 9 unspecified atom stereocenters. The highest BCUT2D eigenvalue weighted by Crippen LogP contribution is 2.67. The molecule has 23 heteroatoms. The van der Waals surface area contributed by atoms with Crippen LogP contribution in [0.3, 0.4) is 0 Å². The number of rotatable bonds is 10. The van der Waals surface area contributed by atoms with E-state index in [4.69, 9.17) is 24.8 Å². The molecule has 8 N–H and O–H groups in total. The van der Waals surface area contributed by atoms with Gasteiger partial charge in [0.05, 0.1) is 25.2 Å². The Kier molecular flexibility index (Phi) is 10.6. The molecule has 0 radical (unpaired) electrons. The number of thiol groups is 1. The van der Waals surface area contributed by atoms with Crippen molar-refractivity contribution in [1.82, 2.24) is 9.97 Å². The van der Waals surface area contributed by atoms with E-state index in [1.165, 1.54) is 12.3 Å². The highest BCUT2D eigenvalue weighted by Gasteiger charge is 2.66. The number of amides is 1. The van der Waals surface area contributed by atoms with Gasteiger partial charge in [0.25, 0.3) is 0 Å². The number of alkyl halides is 2. The Morgan fingerprint density at radius 3 is 2.64 bits per heavy atom. The van der Waals surface area contributed by atoms with Crippen molar-refractivity contribution in [2.24, 2.45) is 10.9 Å². The van der Waals surface area contributed by atoms with Gasteiger partial charge >= 0.3 is 14.6 Å². The number of halogens is 2. The second kappa shape index (κ2) is 13.3. The smallest absolute Gasteiger partial charge is 0.393 e. The SMILES string of the molecule is CC(=O)/N=C/C1[C@@H](COP(=O)(S)OP(=O)(O)OC2OC([C@@H](F)CO)C(O)C(O)C2O)OC2(C=CNc3c(N)ncnc32)[C@]1(C)F. The second-order valence-electron chi connectivity index (χ2n) is 10.3. The Morgan fingerprint density at radius 2 is 2.00 bits per heavy atom. The van der Waals surface area contributed by atoms with Gasteiger partial charge in [-0.3, -0.25) is 13.8 Å². The fourth-order valence-corrected chi connectivity index (χ4v) is 8.24. The number of nitrogens with zero attached hydrogens (tertiary/aromatic N) is 3. The van der Waals surface area contributed by atoms with Gasteiger partial charge in [-0.2, -0.15) is 4.31 Å². The summed E-state index contributed by atoms with van der Waals surface area (Å²) in [5, 5.41) is 41.8. The van der Waals surface area contributed by atoms with Crippen LogP contribution in [0.4, 0.5) is 20.3 Å². The van der Waals surface area contributed by atoms with E-state index in [0.717, 1.165) is 26.4 Å². The number of hydrogen-bond donors (Lipinski definition) is 8. The molecule has 3 aliphatic heterocycles. The Hall–Kier alpha value is -1.97. The molecule has 4 heterocycles. The van der Waals surface area contributed by atoms with Crippen LogP contribution in [0.2, 0.25) is 0 Å². The van der Waals surface area contributed by atoms with E-state index < -0.39 is 93.9 Å². The zero-order valence-electron chi connectivity index (χ0n) is 23.4. The number of aliphatic hydroxyl groups is 4. The predicted octanol–water partition coefficient (Wildman–Crippen LogP) is -0.120. The zero-order chi connectivity index (χ0) is 33.5. The van der Waals surface area contributed by atoms with E-state index in [1.54, 1.807) is 0 Å². The number of aliphatic hydroxyl groups excluding tert-OH is 4. The maximum Gasteiger partial charge on any atom is 0.482 e. The highest BCUT2D eigenvalue weighted by atomic mass is 32.7. The lowest BCUT2D eigenvalue weighted by atomic mass is 9.75. The minimum Gasteiger partial charge on any atom is -0.393 e. The molecule has 0 saturated carbocycles. The highest BCUT2D eigenvalue weighted by molar-refractivity contribution is 8.45. The van der Waals surface area contributed by atoms with Gasteiger partial charge in [-0.05, 0) is 13.0 Å². The summed E-state index contributed by atoms with van der Waals surface area (Å²) in [6.07, 6.45) is -9.93. The van der Waals surface area contributed by atoms with E-state index in [9.17, 15) is 38.5 Å². The van der Waals surface area contributed by atoms with Crippen molar-refractivity contribution in [3.05, 3.63) is 24.3 Å². The predicted molar refractivity (Wildman–Crippen MR) is 151 cm³/mol. The van der Waals surface area contributed by atoms with E-state index in [0.29, 0.717) is 0 Å². The number of nitrogens with one attached hydrogen (secondary N) is 1. The van der Waals surface area contributed by atoms with Gasteiger partial charge in [-0.1, -0.05) is 12.2 Å². The molecule has 0 aliphatic carbocycles. The number of carbonyl (C=O) groups excluding carboxylic acids is 1. The van der Waals surface area contributed by atoms with Crippen LogP contribution in [0, 0.1) is 5.92 Å². The summed E-state index contributed by atoms with van der Waals surface area (Å²) in [4.78, 5) is 33.4. The molecule has 1 amide bonds. The lowest BCUT2D eigenvalue weighted by molar-refractivity contribution is -0.287. The molecule has 12 atom stereocenters. The summed E-state index contributed by atoms with van der Waals surface area (Å²) in [5.41, 5.74) is 1.59. The first-order valence-corrected chi connectivity index (χ1v) is 17.2. The standard InChI is InChI=1S/C22H31F2N5O13P2S/c1-9(31)27-5-10-12(40-22(21(10,2)24)3-4-26-13-18(22)28-8-29-19(13)25)7-38-44(37,45)42-43(35,36)41-20-16(34)14(32)15(33)17(39-20)11(23)6-30/h3-5,8,10-12,14-17,20,26,30,32-34H,6-7H2,1-2H3,(H,35,36)(H,37,45)(H2,25,28,29)/b27-5+/t10?,11-,12+,14?,15?,16?,17?,20?,21+,22?,44?/m0/s1. The van der Waals surface area contributed by atoms with Gasteiger partial charge in [0, 0.05) is 19.3 Å². The Labute approximate surface area is 258 Å². The van der Waals surface area contributed by atoms with E-state index >= 15 is 4.39 Å². The van der Waals surface area contributed by atoms with Crippen LogP contribution in [0.25, 0.3) is 0 Å². The van der Waals surface area contributed by atoms with Crippen molar-refractivity contribution in [3.63, 3.8) is 0 Å². The molecular weight excluding hydrogens is 674 g/mol. The van der Waals surface area contributed by atoms with Gasteiger partial charge in [-0.15, -0.1) is 0 Å². The monoisotopic (exact) mass is 705 g/mol.